The van der Waals surface area contributed by atoms with Crippen molar-refractivity contribution in [2.75, 3.05) is 31.1 Å². The minimum atomic E-state index is 0.000282. The first-order chi connectivity index (χ1) is 14.7. The number of nitrogens with zero attached hydrogens (tertiary/aromatic N) is 6. The fourth-order valence-electron chi connectivity index (χ4n) is 4.98. The zero-order valence-corrected chi connectivity index (χ0v) is 17.7. The third-order valence-corrected chi connectivity index (χ3v) is 6.48. The summed E-state index contributed by atoms with van der Waals surface area (Å²) in [6.07, 6.45) is 10.8. The predicted octanol–water partition coefficient (Wildman–Crippen LogP) is 2.71. The number of aromatic nitrogens is 4. The minimum Gasteiger partial charge on any atom is -0.378 e. The highest BCUT2D eigenvalue weighted by Gasteiger charge is 2.35. The molecule has 3 fully saturated rings. The number of rotatable bonds is 5. The first kappa shape index (κ1) is 19.5. The van der Waals surface area contributed by atoms with Gasteiger partial charge in [0, 0.05) is 51.2 Å². The minimum absolute atomic E-state index is 0.000282. The SMILES string of the molecule is Cn1cc(-c2ccnc(N3CCCC3)n2)c([C@H]2CCCN2C(=O)C[C@H]2CCCO2)n1. The molecule has 2 aromatic heterocycles. The first-order valence-electron chi connectivity index (χ1n) is 11.2. The number of likely N-dealkylation sites (tertiary alicyclic amines) is 1. The van der Waals surface area contributed by atoms with Crippen LogP contribution in [-0.2, 0) is 16.6 Å². The van der Waals surface area contributed by atoms with Crippen LogP contribution >= 0.6 is 0 Å². The van der Waals surface area contributed by atoms with Gasteiger partial charge in [-0.05, 0) is 44.6 Å². The number of carbonyl (C=O) groups excluding carboxylic acids is 1. The van der Waals surface area contributed by atoms with Crippen molar-refractivity contribution in [1.29, 1.82) is 0 Å². The number of amides is 1. The van der Waals surface area contributed by atoms with Crippen LogP contribution < -0.4 is 4.90 Å². The number of hydrogen-bond acceptors (Lipinski definition) is 6. The van der Waals surface area contributed by atoms with Crippen molar-refractivity contribution in [2.24, 2.45) is 7.05 Å². The van der Waals surface area contributed by atoms with Gasteiger partial charge in [-0.15, -0.1) is 0 Å². The molecular formula is C22H30N6O2. The zero-order valence-electron chi connectivity index (χ0n) is 17.7. The summed E-state index contributed by atoms with van der Waals surface area (Å²) >= 11 is 0. The van der Waals surface area contributed by atoms with E-state index in [1.807, 2.05) is 35.1 Å². The lowest BCUT2D eigenvalue weighted by molar-refractivity contribution is -0.134. The van der Waals surface area contributed by atoms with Crippen molar-refractivity contribution < 1.29 is 9.53 Å². The molecule has 8 nitrogen and oxygen atoms in total. The molecule has 0 saturated carbocycles. The molecule has 0 bridgehead atoms. The van der Waals surface area contributed by atoms with Crippen molar-refractivity contribution >= 4 is 11.9 Å². The molecule has 0 aliphatic carbocycles. The molecule has 1 amide bonds. The Bertz CT molecular complexity index is 901. The number of hydrogen-bond donors (Lipinski definition) is 0. The second-order valence-corrected chi connectivity index (χ2v) is 8.62. The van der Waals surface area contributed by atoms with E-state index >= 15 is 0 Å². The van der Waals surface area contributed by atoms with E-state index in [0.29, 0.717) is 6.42 Å². The summed E-state index contributed by atoms with van der Waals surface area (Å²) < 4.78 is 7.53. The van der Waals surface area contributed by atoms with Crippen molar-refractivity contribution in [3.05, 3.63) is 24.2 Å². The van der Waals surface area contributed by atoms with Crippen LogP contribution in [0.4, 0.5) is 5.95 Å². The molecule has 2 aromatic rings. The molecular weight excluding hydrogens is 380 g/mol. The molecule has 0 unspecified atom stereocenters. The molecule has 3 aliphatic rings. The lowest BCUT2D eigenvalue weighted by atomic mass is 10.0. The van der Waals surface area contributed by atoms with Crippen LogP contribution in [-0.4, -0.2) is 62.9 Å². The van der Waals surface area contributed by atoms with E-state index in [2.05, 4.69) is 9.88 Å². The zero-order chi connectivity index (χ0) is 20.5. The summed E-state index contributed by atoms with van der Waals surface area (Å²) in [5.74, 6) is 0.971. The number of ether oxygens (including phenoxy) is 1. The number of carbonyl (C=O) groups is 1. The number of aryl methyl sites for hydroxylation is 1. The van der Waals surface area contributed by atoms with Gasteiger partial charge in [-0.3, -0.25) is 9.48 Å². The lowest BCUT2D eigenvalue weighted by Crippen LogP contribution is -2.33. The summed E-state index contributed by atoms with van der Waals surface area (Å²) in [6, 6.07) is 1.95. The quantitative estimate of drug-likeness (QED) is 0.754. The van der Waals surface area contributed by atoms with Gasteiger partial charge in [-0.1, -0.05) is 0 Å². The maximum absolute atomic E-state index is 13.0. The first-order valence-corrected chi connectivity index (χ1v) is 11.2. The molecule has 160 valence electrons. The fourth-order valence-corrected chi connectivity index (χ4v) is 4.98. The van der Waals surface area contributed by atoms with Gasteiger partial charge in [0.05, 0.1) is 30.0 Å². The van der Waals surface area contributed by atoms with Crippen LogP contribution in [0, 0.1) is 0 Å². The van der Waals surface area contributed by atoms with Crippen LogP contribution in [0.2, 0.25) is 0 Å². The predicted molar refractivity (Wildman–Crippen MR) is 113 cm³/mol. The second kappa shape index (κ2) is 8.34. The summed E-state index contributed by atoms with van der Waals surface area (Å²) in [5.41, 5.74) is 2.83. The van der Waals surface area contributed by atoms with E-state index in [1.54, 1.807) is 0 Å². The Hall–Kier alpha value is -2.48. The normalized spacial score (nSPS) is 24.2. The van der Waals surface area contributed by atoms with Gasteiger partial charge in [0.2, 0.25) is 11.9 Å². The topological polar surface area (TPSA) is 76.4 Å². The Balaban J connectivity index is 1.41. The van der Waals surface area contributed by atoms with Crippen LogP contribution in [0.1, 0.15) is 56.7 Å². The average molecular weight is 411 g/mol. The molecule has 3 saturated heterocycles. The molecule has 5 rings (SSSR count). The fraction of sp³-hybridized carbons (Fsp3) is 0.636. The Labute approximate surface area is 177 Å². The van der Waals surface area contributed by atoms with Gasteiger partial charge < -0.3 is 14.5 Å². The van der Waals surface area contributed by atoms with Crippen LogP contribution in [0.5, 0.6) is 0 Å². The summed E-state index contributed by atoms with van der Waals surface area (Å²) in [6.45, 7) is 3.59. The Morgan fingerprint density at radius 1 is 1.17 bits per heavy atom. The van der Waals surface area contributed by atoms with Gasteiger partial charge in [0.15, 0.2) is 0 Å². The van der Waals surface area contributed by atoms with E-state index in [1.165, 1.54) is 12.8 Å². The van der Waals surface area contributed by atoms with E-state index in [9.17, 15) is 4.79 Å². The smallest absolute Gasteiger partial charge is 0.225 e. The summed E-state index contributed by atoms with van der Waals surface area (Å²) in [7, 11) is 1.93. The van der Waals surface area contributed by atoms with E-state index < -0.39 is 0 Å². The maximum Gasteiger partial charge on any atom is 0.225 e. The Morgan fingerprint density at radius 3 is 2.83 bits per heavy atom. The monoisotopic (exact) mass is 410 g/mol. The molecule has 30 heavy (non-hydrogen) atoms. The van der Waals surface area contributed by atoms with Crippen LogP contribution in [0.25, 0.3) is 11.3 Å². The van der Waals surface area contributed by atoms with Gasteiger partial charge in [0.25, 0.3) is 0 Å². The van der Waals surface area contributed by atoms with Gasteiger partial charge in [0.1, 0.15) is 0 Å². The third-order valence-electron chi connectivity index (χ3n) is 6.48. The van der Waals surface area contributed by atoms with Gasteiger partial charge >= 0.3 is 0 Å². The number of anilines is 1. The van der Waals surface area contributed by atoms with Crippen LogP contribution in [0.15, 0.2) is 18.5 Å². The van der Waals surface area contributed by atoms with Gasteiger partial charge in [-0.25, -0.2) is 9.97 Å². The lowest BCUT2D eigenvalue weighted by Gasteiger charge is -2.25. The van der Waals surface area contributed by atoms with Gasteiger partial charge in [-0.2, -0.15) is 5.10 Å². The Morgan fingerprint density at radius 2 is 2.03 bits per heavy atom. The molecule has 3 aliphatic heterocycles. The average Bonchev–Trinajstić information content (AvgIpc) is 3.54. The molecule has 0 radical (unpaired) electrons. The highest BCUT2D eigenvalue weighted by molar-refractivity contribution is 5.78. The van der Waals surface area contributed by atoms with Crippen molar-refractivity contribution in [3.8, 4) is 11.3 Å². The highest BCUT2D eigenvalue weighted by atomic mass is 16.5. The molecule has 8 heteroatoms. The molecule has 0 aromatic carbocycles. The molecule has 2 atom stereocenters. The maximum atomic E-state index is 13.0. The third kappa shape index (κ3) is 3.80. The van der Waals surface area contributed by atoms with Crippen molar-refractivity contribution in [3.63, 3.8) is 0 Å². The van der Waals surface area contributed by atoms with E-state index in [0.717, 1.165) is 74.8 Å². The molecule has 0 N–H and O–H groups in total. The second-order valence-electron chi connectivity index (χ2n) is 8.62. The Kier molecular flexibility index (Phi) is 5.41. The van der Waals surface area contributed by atoms with Crippen molar-refractivity contribution in [2.45, 2.75) is 57.1 Å². The largest absolute Gasteiger partial charge is 0.378 e. The summed E-state index contributed by atoms with van der Waals surface area (Å²) in [4.78, 5) is 26.7. The summed E-state index contributed by atoms with van der Waals surface area (Å²) in [5, 5.41) is 4.78. The molecule has 0 spiro atoms. The standard InChI is InChI=1S/C22H30N6O2/c1-26-15-17(18-8-9-23-22(24-18)27-10-2-3-11-27)21(25-26)19-7-4-12-28(19)20(29)14-16-6-5-13-30-16/h8-9,15-16,19H,2-7,10-14H2,1H3/t16-,19-/m1/s1. The highest BCUT2D eigenvalue weighted by Crippen LogP contribution is 2.37. The van der Waals surface area contributed by atoms with E-state index in [-0.39, 0.29) is 18.1 Å². The van der Waals surface area contributed by atoms with E-state index in [4.69, 9.17) is 14.8 Å². The van der Waals surface area contributed by atoms with Crippen molar-refractivity contribution in [1.82, 2.24) is 24.6 Å². The molecule has 5 heterocycles. The van der Waals surface area contributed by atoms with Crippen LogP contribution in [0.3, 0.4) is 0 Å².